The third-order valence-electron chi connectivity index (χ3n) is 3.51. The molecule has 1 aliphatic heterocycles. The SMILES string of the molecule is COC[C@](I)(Oc1cccc(Cl)c1C)C1CCNC1. The monoisotopic (exact) mass is 395 g/mol. The van der Waals surface area contributed by atoms with E-state index >= 15 is 0 Å². The van der Waals surface area contributed by atoms with E-state index in [1.54, 1.807) is 7.11 Å². The minimum atomic E-state index is -0.356. The molecule has 1 fully saturated rings. The van der Waals surface area contributed by atoms with Crippen LogP contribution in [0.3, 0.4) is 0 Å². The van der Waals surface area contributed by atoms with Crippen LogP contribution in [-0.4, -0.2) is 30.4 Å². The molecule has 0 aromatic heterocycles. The summed E-state index contributed by atoms with van der Waals surface area (Å²) in [6.07, 6.45) is 1.10. The molecule has 1 N–H and O–H groups in total. The van der Waals surface area contributed by atoms with E-state index in [1.807, 2.05) is 25.1 Å². The summed E-state index contributed by atoms with van der Waals surface area (Å²) in [4.78, 5) is 0. The zero-order valence-corrected chi connectivity index (χ0v) is 14.1. The third kappa shape index (κ3) is 3.54. The van der Waals surface area contributed by atoms with Gasteiger partial charge in [0.05, 0.1) is 6.61 Å². The van der Waals surface area contributed by atoms with Crippen molar-refractivity contribution in [2.75, 3.05) is 26.8 Å². The molecular formula is C14H19ClINO2. The topological polar surface area (TPSA) is 30.5 Å². The van der Waals surface area contributed by atoms with E-state index in [0.717, 1.165) is 35.8 Å². The summed E-state index contributed by atoms with van der Waals surface area (Å²) in [5.74, 6) is 1.28. The zero-order valence-electron chi connectivity index (χ0n) is 11.2. The first-order valence-corrected chi connectivity index (χ1v) is 7.85. The Morgan fingerprint density at radius 1 is 1.53 bits per heavy atom. The van der Waals surface area contributed by atoms with Gasteiger partial charge in [0.1, 0.15) is 5.75 Å². The lowest BCUT2D eigenvalue weighted by Gasteiger charge is -2.34. The van der Waals surface area contributed by atoms with Crippen LogP contribution in [0.25, 0.3) is 0 Å². The van der Waals surface area contributed by atoms with Gasteiger partial charge in [-0.15, -0.1) is 0 Å². The Morgan fingerprint density at radius 3 is 2.95 bits per heavy atom. The third-order valence-corrected chi connectivity index (χ3v) is 5.33. The van der Waals surface area contributed by atoms with Gasteiger partial charge in [0.2, 0.25) is 0 Å². The first-order valence-electron chi connectivity index (χ1n) is 6.39. The van der Waals surface area contributed by atoms with Gasteiger partial charge < -0.3 is 14.8 Å². The molecule has 0 radical (unpaired) electrons. The van der Waals surface area contributed by atoms with E-state index in [9.17, 15) is 0 Å². The van der Waals surface area contributed by atoms with Crippen LogP contribution in [0.2, 0.25) is 5.02 Å². The Morgan fingerprint density at radius 2 is 2.32 bits per heavy atom. The fraction of sp³-hybridized carbons (Fsp3) is 0.571. The molecular weight excluding hydrogens is 377 g/mol. The highest BCUT2D eigenvalue weighted by Gasteiger charge is 2.40. The zero-order chi connectivity index (χ0) is 13.9. The van der Waals surface area contributed by atoms with Crippen molar-refractivity contribution >= 4 is 34.2 Å². The molecule has 0 amide bonds. The van der Waals surface area contributed by atoms with Gasteiger partial charge in [0.15, 0.2) is 3.61 Å². The maximum Gasteiger partial charge on any atom is 0.186 e. The minimum Gasteiger partial charge on any atom is -0.474 e. The van der Waals surface area contributed by atoms with Crippen LogP contribution in [0, 0.1) is 12.8 Å². The number of rotatable bonds is 5. The van der Waals surface area contributed by atoms with Gasteiger partial charge in [-0.3, -0.25) is 0 Å². The highest BCUT2D eigenvalue weighted by Crippen LogP contribution is 2.38. The van der Waals surface area contributed by atoms with Crippen molar-refractivity contribution in [2.45, 2.75) is 17.0 Å². The Kier molecular flexibility index (Phi) is 5.34. The second kappa shape index (κ2) is 6.61. The van der Waals surface area contributed by atoms with E-state index in [2.05, 4.69) is 27.9 Å². The number of methoxy groups -OCH3 is 1. The summed E-state index contributed by atoms with van der Waals surface area (Å²) < 4.78 is 11.3. The minimum absolute atomic E-state index is 0.356. The molecule has 2 rings (SSSR count). The molecule has 2 atom stereocenters. The van der Waals surface area contributed by atoms with Crippen LogP contribution >= 0.6 is 34.2 Å². The van der Waals surface area contributed by atoms with Gasteiger partial charge in [-0.25, -0.2) is 0 Å². The second-order valence-corrected chi connectivity index (χ2v) is 7.11. The molecule has 1 saturated heterocycles. The molecule has 1 aromatic rings. The lowest BCUT2D eigenvalue weighted by Crippen LogP contribution is -2.43. The van der Waals surface area contributed by atoms with Crippen LogP contribution in [0.1, 0.15) is 12.0 Å². The van der Waals surface area contributed by atoms with E-state index in [4.69, 9.17) is 21.1 Å². The Labute approximate surface area is 133 Å². The van der Waals surface area contributed by atoms with Gasteiger partial charge in [-0.1, -0.05) is 17.7 Å². The van der Waals surface area contributed by atoms with Crippen LogP contribution in [0.4, 0.5) is 0 Å². The molecule has 106 valence electrons. The summed E-state index contributed by atoms with van der Waals surface area (Å²) in [7, 11) is 1.71. The van der Waals surface area contributed by atoms with E-state index in [-0.39, 0.29) is 3.61 Å². The first kappa shape index (κ1) is 15.4. The molecule has 0 spiro atoms. The number of nitrogens with one attached hydrogen (secondary N) is 1. The molecule has 0 bridgehead atoms. The smallest absolute Gasteiger partial charge is 0.186 e. The van der Waals surface area contributed by atoms with Crippen molar-refractivity contribution in [3.63, 3.8) is 0 Å². The maximum atomic E-state index is 6.28. The molecule has 0 saturated carbocycles. The van der Waals surface area contributed by atoms with Crippen molar-refractivity contribution in [3.05, 3.63) is 28.8 Å². The van der Waals surface area contributed by atoms with Gasteiger partial charge in [0, 0.05) is 30.2 Å². The van der Waals surface area contributed by atoms with E-state index in [1.165, 1.54) is 0 Å². The molecule has 5 heteroatoms. The number of ether oxygens (including phenoxy) is 2. The van der Waals surface area contributed by atoms with Gasteiger partial charge in [-0.2, -0.15) is 0 Å². The fourth-order valence-electron chi connectivity index (χ4n) is 2.33. The highest BCUT2D eigenvalue weighted by atomic mass is 127. The second-order valence-electron chi connectivity index (χ2n) is 4.87. The Balaban J connectivity index is 2.22. The van der Waals surface area contributed by atoms with E-state index < -0.39 is 0 Å². The average molecular weight is 396 g/mol. The van der Waals surface area contributed by atoms with Gasteiger partial charge in [0.25, 0.3) is 0 Å². The predicted molar refractivity (Wildman–Crippen MR) is 86.4 cm³/mol. The van der Waals surface area contributed by atoms with E-state index in [0.29, 0.717) is 12.5 Å². The predicted octanol–water partition coefficient (Wildman–Crippen LogP) is 3.41. The summed E-state index contributed by atoms with van der Waals surface area (Å²) in [5, 5.41) is 4.12. The molecule has 1 aliphatic rings. The lowest BCUT2D eigenvalue weighted by atomic mass is 10.0. The van der Waals surface area contributed by atoms with Gasteiger partial charge in [-0.05, 0) is 54.6 Å². The molecule has 1 unspecified atom stereocenters. The maximum absolute atomic E-state index is 6.28. The normalized spacial score (nSPS) is 22.2. The van der Waals surface area contributed by atoms with Crippen molar-refractivity contribution in [1.29, 1.82) is 0 Å². The molecule has 1 heterocycles. The van der Waals surface area contributed by atoms with Crippen LogP contribution in [0.5, 0.6) is 5.75 Å². The van der Waals surface area contributed by atoms with Crippen molar-refractivity contribution in [1.82, 2.24) is 5.32 Å². The van der Waals surface area contributed by atoms with Crippen molar-refractivity contribution < 1.29 is 9.47 Å². The van der Waals surface area contributed by atoms with Crippen molar-refractivity contribution in [2.24, 2.45) is 5.92 Å². The molecule has 3 nitrogen and oxygen atoms in total. The molecule has 19 heavy (non-hydrogen) atoms. The van der Waals surface area contributed by atoms with Gasteiger partial charge >= 0.3 is 0 Å². The fourth-order valence-corrected chi connectivity index (χ4v) is 3.58. The number of alkyl halides is 1. The molecule has 0 aliphatic carbocycles. The number of benzene rings is 1. The van der Waals surface area contributed by atoms with Crippen LogP contribution < -0.4 is 10.1 Å². The Bertz CT molecular complexity index is 437. The van der Waals surface area contributed by atoms with Crippen LogP contribution in [-0.2, 0) is 4.74 Å². The lowest BCUT2D eigenvalue weighted by molar-refractivity contribution is 0.0348. The standard InChI is InChI=1S/C14H19ClINO2/c1-10-12(15)4-3-5-13(10)19-14(16,9-18-2)11-6-7-17-8-11/h3-5,11,17H,6-9H2,1-2H3/t11?,14-/m0/s1. The summed E-state index contributed by atoms with van der Waals surface area (Å²) in [5.41, 5.74) is 0.979. The summed E-state index contributed by atoms with van der Waals surface area (Å²) in [6, 6.07) is 5.76. The summed E-state index contributed by atoms with van der Waals surface area (Å²) in [6.45, 7) is 4.54. The highest BCUT2D eigenvalue weighted by molar-refractivity contribution is 14.1. The van der Waals surface area contributed by atoms with Crippen LogP contribution in [0.15, 0.2) is 18.2 Å². The number of halogens is 2. The quantitative estimate of drug-likeness (QED) is 0.612. The first-order chi connectivity index (χ1) is 9.07. The van der Waals surface area contributed by atoms with Crippen molar-refractivity contribution in [3.8, 4) is 5.75 Å². The average Bonchev–Trinajstić information content (AvgIpc) is 2.90. The molecule has 1 aromatic carbocycles. The largest absolute Gasteiger partial charge is 0.474 e. The number of hydrogen-bond donors (Lipinski definition) is 1. The summed E-state index contributed by atoms with van der Waals surface area (Å²) >= 11 is 8.53. The number of hydrogen-bond acceptors (Lipinski definition) is 3. The Hall–Kier alpha value is -0.0400.